The summed E-state index contributed by atoms with van der Waals surface area (Å²) in [6.45, 7) is 1.81. The van der Waals surface area contributed by atoms with Gasteiger partial charge in [-0.25, -0.2) is 0 Å². The van der Waals surface area contributed by atoms with Gasteiger partial charge in [0.15, 0.2) is 6.10 Å². The first kappa shape index (κ1) is 29.3. The van der Waals surface area contributed by atoms with Crippen molar-refractivity contribution in [1.82, 2.24) is 20.9 Å². The molecule has 2 heterocycles. The van der Waals surface area contributed by atoms with Crippen molar-refractivity contribution in [2.45, 2.75) is 63.0 Å². The van der Waals surface area contributed by atoms with Crippen LogP contribution in [0.2, 0.25) is 5.02 Å². The van der Waals surface area contributed by atoms with Gasteiger partial charge in [0.2, 0.25) is 5.91 Å². The molecule has 10 nitrogen and oxygen atoms in total. The lowest BCUT2D eigenvalue weighted by atomic mass is 9.93. The number of anilines is 1. The normalized spacial score (nSPS) is 20.3. The summed E-state index contributed by atoms with van der Waals surface area (Å²) >= 11 is 6.08. The highest BCUT2D eigenvalue weighted by Crippen LogP contribution is 2.29. The molecule has 2 aromatic rings. The smallest absolute Gasteiger partial charge is 0.381 e. The third kappa shape index (κ3) is 7.27. The predicted octanol–water partition coefficient (Wildman–Crippen LogP) is 2.66. The number of carbonyl (C=O) groups is 4. The lowest BCUT2D eigenvalue weighted by Gasteiger charge is -2.26. The van der Waals surface area contributed by atoms with E-state index in [9.17, 15) is 37.5 Å². The molecule has 40 heavy (non-hydrogen) atoms. The van der Waals surface area contributed by atoms with E-state index < -0.39 is 47.7 Å². The van der Waals surface area contributed by atoms with Crippen molar-refractivity contribution in [3.63, 3.8) is 0 Å². The van der Waals surface area contributed by atoms with Crippen LogP contribution in [-0.2, 0) is 15.8 Å². The Labute approximate surface area is 232 Å². The van der Waals surface area contributed by atoms with E-state index in [2.05, 4.69) is 26.3 Å². The average molecular weight is 582 g/mol. The molecule has 1 aromatic carbocycles. The highest BCUT2D eigenvalue weighted by atomic mass is 35.5. The third-order valence-electron chi connectivity index (χ3n) is 6.61. The molecule has 1 saturated heterocycles. The van der Waals surface area contributed by atoms with E-state index >= 15 is 0 Å². The van der Waals surface area contributed by atoms with Crippen LogP contribution in [0.5, 0.6) is 0 Å². The standard InChI is InChI=1S/C26H27ClF3N5O5/c1-12-8-14(23(38)32-12)9-19(21(36)25(40)33-16-3-4-16)35-24(39)17-11-15(27)2-5-18(17)34-22(37)13-6-7-31-20(10-13)26(28,29)30/h2,5-7,10-12,14,16,19,21,36H,3-4,8-9H2,1H3,(H,32,38)(H,33,40)(H,34,37)(H,35,39)/t12-,14+,19?,21?/m1/s1. The van der Waals surface area contributed by atoms with Crippen LogP contribution in [0.4, 0.5) is 18.9 Å². The Balaban J connectivity index is 1.56. The van der Waals surface area contributed by atoms with Crippen LogP contribution in [0.15, 0.2) is 36.5 Å². The van der Waals surface area contributed by atoms with Crippen LogP contribution in [0, 0.1) is 5.92 Å². The van der Waals surface area contributed by atoms with Crippen molar-refractivity contribution in [1.29, 1.82) is 0 Å². The van der Waals surface area contributed by atoms with Gasteiger partial charge in [-0.15, -0.1) is 0 Å². The summed E-state index contributed by atoms with van der Waals surface area (Å²) in [6.07, 6.45) is -3.67. The molecule has 2 aliphatic rings. The van der Waals surface area contributed by atoms with Crippen LogP contribution in [0.3, 0.4) is 0 Å². The van der Waals surface area contributed by atoms with Crippen LogP contribution in [0.1, 0.15) is 59.0 Å². The number of nitrogens with zero attached hydrogens (tertiary/aromatic N) is 1. The Morgan fingerprint density at radius 1 is 1.18 bits per heavy atom. The quantitative estimate of drug-likeness (QED) is 0.307. The predicted molar refractivity (Wildman–Crippen MR) is 137 cm³/mol. The number of aliphatic hydroxyl groups is 1. The molecular weight excluding hydrogens is 555 g/mol. The number of amides is 4. The minimum absolute atomic E-state index is 0.0410. The second-order valence-electron chi connectivity index (χ2n) is 9.96. The average Bonchev–Trinajstić information content (AvgIpc) is 3.65. The van der Waals surface area contributed by atoms with Crippen LogP contribution >= 0.6 is 11.6 Å². The molecule has 0 spiro atoms. The van der Waals surface area contributed by atoms with Crippen molar-refractivity contribution >= 4 is 40.9 Å². The monoisotopic (exact) mass is 581 g/mol. The number of aliphatic hydroxyl groups excluding tert-OH is 1. The maximum absolute atomic E-state index is 13.4. The molecule has 4 amide bonds. The molecule has 5 N–H and O–H groups in total. The molecular formula is C26H27ClF3N5O5. The molecule has 214 valence electrons. The van der Waals surface area contributed by atoms with Crippen LogP contribution in [0.25, 0.3) is 0 Å². The molecule has 0 bridgehead atoms. The molecule has 4 atom stereocenters. The highest BCUT2D eigenvalue weighted by Gasteiger charge is 2.38. The second kappa shape index (κ2) is 11.8. The fraction of sp³-hybridized carbons (Fsp3) is 0.423. The summed E-state index contributed by atoms with van der Waals surface area (Å²) in [5.74, 6) is -3.32. The van der Waals surface area contributed by atoms with Crippen LogP contribution in [-0.4, -0.2) is 57.9 Å². The molecule has 1 aliphatic heterocycles. The van der Waals surface area contributed by atoms with E-state index in [1.54, 1.807) is 0 Å². The zero-order chi connectivity index (χ0) is 29.2. The second-order valence-corrected chi connectivity index (χ2v) is 10.4. The number of hydrogen-bond acceptors (Lipinski definition) is 6. The van der Waals surface area contributed by atoms with Gasteiger partial charge < -0.3 is 26.4 Å². The Kier molecular flexibility index (Phi) is 8.64. The van der Waals surface area contributed by atoms with Gasteiger partial charge in [0.1, 0.15) is 5.69 Å². The first-order valence-electron chi connectivity index (χ1n) is 12.6. The largest absolute Gasteiger partial charge is 0.433 e. The van der Waals surface area contributed by atoms with Crippen molar-refractivity contribution in [2.24, 2.45) is 5.92 Å². The van der Waals surface area contributed by atoms with Gasteiger partial charge in [0.25, 0.3) is 17.7 Å². The van der Waals surface area contributed by atoms with Crippen molar-refractivity contribution in [3.8, 4) is 0 Å². The van der Waals surface area contributed by atoms with E-state index in [0.29, 0.717) is 12.5 Å². The Bertz CT molecular complexity index is 1320. The molecule has 4 rings (SSSR count). The summed E-state index contributed by atoms with van der Waals surface area (Å²) in [6, 6.07) is 4.17. The number of carbonyl (C=O) groups excluding carboxylic acids is 4. The lowest BCUT2D eigenvalue weighted by molar-refractivity contribution is -0.141. The summed E-state index contributed by atoms with van der Waals surface area (Å²) in [5, 5.41) is 21.3. The van der Waals surface area contributed by atoms with Gasteiger partial charge in [0, 0.05) is 34.8 Å². The van der Waals surface area contributed by atoms with Gasteiger partial charge >= 0.3 is 6.18 Å². The Morgan fingerprint density at radius 3 is 2.52 bits per heavy atom. The SMILES string of the molecule is C[C@@H]1C[C@@H](CC(NC(=O)c2cc(Cl)ccc2NC(=O)c2ccnc(C(F)(F)F)c2)C(O)C(=O)NC2CC2)C(=O)N1. The van der Waals surface area contributed by atoms with Crippen LogP contribution < -0.4 is 21.3 Å². The van der Waals surface area contributed by atoms with Gasteiger partial charge in [-0.2, -0.15) is 13.2 Å². The van der Waals surface area contributed by atoms with Gasteiger partial charge in [-0.05, 0) is 62.9 Å². The summed E-state index contributed by atoms with van der Waals surface area (Å²) in [7, 11) is 0. The summed E-state index contributed by atoms with van der Waals surface area (Å²) in [4.78, 5) is 54.4. The van der Waals surface area contributed by atoms with Crippen molar-refractivity contribution in [3.05, 3.63) is 58.4 Å². The van der Waals surface area contributed by atoms with Gasteiger partial charge in [-0.1, -0.05) is 11.6 Å². The molecule has 2 unspecified atom stereocenters. The van der Waals surface area contributed by atoms with Gasteiger partial charge in [-0.3, -0.25) is 24.2 Å². The summed E-state index contributed by atoms with van der Waals surface area (Å²) in [5.41, 5.74) is -1.87. The van der Waals surface area contributed by atoms with E-state index in [1.165, 1.54) is 18.2 Å². The molecule has 1 aliphatic carbocycles. The van der Waals surface area contributed by atoms with E-state index in [4.69, 9.17) is 11.6 Å². The highest BCUT2D eigenvalue weighted by molar-refractivity contribution is 6.31. The maximum atomic E-state index is 13.4. The first-order valence-corrected chi connectivity index (χ1v) is 12.9. The molecule has 1 saturated carbocycles. The first-order chi connectivity index (χ1) is 18.8. The number of nitrogens with one attached hydrogen (secondary N) is 4. The van der Waals surface area contributed by atoms with Crippen molar-refractivity contribution in [2.75, 3.05) is 5.32 Å². The number of hydrogen-bond donors (Lipinski definition) is 5. The third-order valence-corrected chi connectivity index (χ3v) is 6.85. The topological polar surface area (TPSA) is 150 Å². The number of benzene rings is 1. The zero-order valence-electron chi connectivity index (χ0n) is 21.2. The maximum Gasteiger partial charge on any atom is 0.433 e. The lowest BCUT2D eigenvalue weighted by Crippen LogP contribution is -2.52. The zero-order valence-corrected chi connectivity index (χ0v) is 22.0. The van der Waals surface area contributed by atoms with E-state index in [0.717, 1.165) is 25.1 Å². The molecule has 2 fully saturated rings. The van der Waals surface area contributed by atoms with Crippen molar-refractivity contribution < 1.29 is 37.5 Å². The molecule has 0 radical (unpaired) electrons. The Hall–Kier alpha value is -3.71. The number of rotatable bonds is 9. The fourth-order valence-electron chi connectivity index (χ4n) is 4.41. The molecule has 1 aromatic heterocycles. The number of alkyl halides is 3. The number of aromatic nitrogens is 1. The van der Waals surface area contributed by atoms with E-state index in [-0.39, 0.29) is 46.2 Å². The van der Waals surface area contributed by atoms with E-state index in [1.807, 2.05) is 6.92 Å². The Morgan fingerprint density at radius 2 is 1.90 bits per heavy atom. The molecule has 14 heteroatoms. The minimum Gasteiger partial charge on any atom is -0.381 e. The number of pyridine rings is 1. The minimum atomic E-state index is -4.77. The fourth-order valence-corrected chi connectivity index (χ4v) is 4.58. The summed E-state index contributed by atoms with van der Waals surface area (Å²) < 4.78 is 39.1. The van der Waals surface area contributed by atoms with Gasteiger partial charge in [0.05, 0.1) is 17.3 Å². The number of halogens is 4.